The number of aliphatic hydroxyl groups excluding tert-OH is 2. The monoisotopic (exact) mass is 722 g/mol. The molecule has 0 aromatic carbocycles. The summed E-state index contributed by atoms with van der Waals surface area (Å²) in [6, 6.07) is -0.650. The third-order valence-corrected chi connectivity index (χ3v) is 9.34. The van der Waals surface area contributed by atoms with E-state index in [9.17, 15) is 15.0 Å². The van der Waals surface area contributed by atoms with Crippen molar-refractivity contribution >= 4 is 5.91 Å². The summed E-state index contributed by atoms with van der Waals surface area (Å²) in [4.78, 5) is 12.4. The van der Waals surface area contributed by atoms with Crippen LogP contribution in [0.4, 0.5) is 0 Å². The molecule has 4 heteroatoms. The molecule has 0 aliphatic rings. The van der Waals surface area contributed by atoms with E-state index >= 15 is 0 Å². The van der Waals surface area contributed by atoms with Crippen molar-refractivity contribution in [1.82, 2.24) is 5.32 Å². The Balaban J connectivity index is 3.63. The van der Waals surface area contributed by atoms with Crippen molar-refractivity contribution in [2.75, 3.05) is 6.61 Å². The summed E-state index contributed by atoms with van der Waals surface area (Å²) in [5.74, 6) is -0.0848. The smallest absolute Gasteiger partial charge is 0.220 e. The minimum absolute atomic E-state index is 0.0848. The Morgan fingerprint density at radius 3 is 1.35 bits per heavy atom. The fourth-order valence-corrected chi connectivity index (χ4v) is 6.02. The molecule has 0 saturated heterocycles. The molecular formula is C48H83NO3. The van der Waals surface area contributed by atoms with Crippen LogP contribution in [0.15, 0.2) is 85.1 Å². The van der Waals surface area contributed by atoms with Gasteiger partial charge in [-0.15, -0.1) is 0 Å². The lowest BCUT2D eigenvalue weighted by molar-refractivity contribution is -0.123. The number of rotatable bonds is 38. The zero-order valence-electron chi connectivity index (χ0n) is 34.0. The van der Waals surface area contributed by atoms with Gasteiger partial charge in [-0.2, -0.15) is 0 Å². The van der Waals surface area contributed by atoms with Gasteiger partial charge < -0.3 is 15.5 Å². The third kappa shape index (κ3) is 38.8. The highest BCUT2D eigenvalue weighted by Gasteiger charge is 2.17. The molecule has 0 fully saturated rings. The molecule has 1 amide bonds. The highest BCUT2D eigenvalue weighted by Crippen LogP contribution is 2.14. The number of hydrogen-bond donors (Lipinski definition) is 3. The topological polar surface area (TPSA) is 69.6 Å². The van der Waals surface area contributed by atoms with Crippen LogP contribution >= 0.6 is 0 Å². The molecule has 298 valence electrons. The predicted octanol–water partition coefficient (Wildman–Crippen LogP) is 13.7. The lowest BCUT2D eigenvalue weighted by Gasteiger charge is -2.19. The second kappa shape index (κ2) is 43.0. The number of carbonyl (C=O) groups excluding carboxylic acids is 1. The molecule has 0 heterocycles. The van der Waals surface area contributed by atoms with E-state index in [1.54, 1.807) is 6.08 Å². The molecule has 0 spiro atoms. The first-order valence-corrected chi connectivity index (χ1v) is 21.8. The minimum Gasteiger partial charge on any atom is -0.394 e. The highest BCUT2D eigenvalue weighted by atomic mass is 16.3. The number of aliphatic hydroxyl groups is 2. The number of carbonyl (C=O) groups is 1. The molecule has 52 heavy (non-hydrogen) atoms. The average Bonchev–Trinajstić information content (AvgIpc) is 3.15. The van der Waals surface area contributed by atoms with Crippen LogP contribution in [0, 0.1) is 0 Å². The van der Waals surface area contributed by atoms with Gasteiger partial charge in [-0.25, -0.2) is 0 Å². The standard InChI is InChI=1S/C48H83NO3/c1-3-5-7-9-11-13-15-17-19-20-21-22-23-24-25-26-27-28-30-32-34-36-38-40-42-44-48(52)49-46(45-50)47(51)43-41-39-37-35-33-31-29-18-16-14-12-10-8-6-4-2/h5,7,11,13,16-19,21-22,33,35,41,43,46-47,50-51H,3-4,6,8-10,12,14-15,20,23-32,34,36-40,42,44-45H2,1-2H3,(H,49,52)/b7-5-,13-11-,18-16+,19-17-,22-21-,35-33+,43-41+. The van der Waals surface area contributed by atoms with E-state index in [4.69, 9.17) is 0 Å². The van der Waals surface area contributed by atoms with Crippen LogP contribution in [0.25, 0.3) is 0 Å². The normalized spacial score (nSPS) is 13.8. The van der Waals surface area contributed by atoms with E-state index in [2.05, 4.69) is 92.1 Å². The molecule has 0 aliphatic heterocycles. The summed E-state index contributed by atoms with van der Waals surface area (Å²) in [5, 5.41) is 23.0. The van der Waals surface area contributed by atoms with Gasteiger partial charge in [0.15, 0.2) is 0 Å². The van der Waals surface area contributed by atoms with Crippen molar-refractivity contribution in [1.29, 1.82) is 0 Å². The Morgan fingerprint density at radius 1 is 0.481 bits per heavy atom. The van der Waals surface area contributed by atoms with Crippen LogP contribution in [-0.2, 0) is 4.79 Å². The Morgan fingerprint density at radius 2 is 0.865 bits per heavy atom. The maximum Gasteiger partial charge on any atom is 0.220 e. The maximum atomic E-state index is 12.4. The largest absolute Gasteiger partial charge is 0.394 e. The van der Waals surface area contributed by atoms with Crippen molar-refractivity contribution in [2.45, 2.75) is 206 Å². The second-order valence-electron chi connectivity index (χ2n) is 14.4. The summed E-state index contributed by atoms with van der Waals surface area (Å²) < 4.78 is 0. The first-order valence-electron chi connectivity index (χ1n) is 21.8. The molecular weight excluding hydrogens is 639 g/mol. The zero-order valence-corrected chi connectivity index (χ0v) is 34.0. The van der Waals surface area contributed by atoms with Crippen LogP contribution in [0.3, 0.4) is 0 Å². The molecule has 0 aliphatic carbocycles. The predicted molar refractivity (Wildman–Crippen MR) is 230 cm³/mol. The van der Waals surface area contributed by atoms with Crippen molar-refractivity contribution in [3.63, 3.8) is 0 Å². The van der Waals surface area contributed by atoms with Crippen molar-refractivity contribution in [3.8, 4) is 0 Å². The van der Waals surface area contributed by atoms with Gasteiger partial charge in [0, 0.05) is 6.42 Å². The van der Waals surface area contributed by atoms with Gasteiger partial charge in [0.25, 0.3) is 0 Å². The van der Waals surface area contributed by atoms with E-state index in [1.165, 1.54) is 109 Å². The van der Waals surface area contributed by atoms with Crippen molar-refractivity contribution in [3.05, 3.63) is 85.1 Å². The molecule has 0 radical (unpaired) electrons. The maximum absolute atomic E-state index is 12.4. The molecule has 0 rings (SSSR count). The molecule has 2 atom stereocenters. The summed E-state index contributed by atoms with van der Waals surface area (Å²) in [7, 11) is 0. The first kappa shape index (κ1) is 49.6. The Hall–Kier alpha value is -2.43. The minimum atomic E-state index is -0.874. The number of unbranched alkanes of at least 4 members (excludes halogenated alkanes) is 19. The van der Waals surface area contributed by atoms with Gasteiger partial charge in [0.05, 0.1) is 18.8 Å². The molecule has 3 N–H and O–H groups in total. The summed E-state index contributed by atoms with van der Waals surface area (Å²) >= 11 is 0. The lowest BCUT2D eigenvalue weighted by atomic mass is 10.0. The van der Waals surface area contributed by atoms with Gasteiger partial charge >= 0.3 is 0 Å². The summed E-state index contributed by atoms with van der Waals surface area (Å²) in [6.45, 7) is 4.15. The average molecular weight is 722 g/mol. The molecule has 0 saturated carbocycles. The van der Waals surface area contributed by atoms with Crippen LogP contribution in [0.1, 0.15) is 194 Å². The van der Waals surface area contributed by atoms with Crippen molar-refractivity contribution in [2.24, 2.45) is 0 Å². The van der Waals surface area contributed by atoms with Gasteiger partial charge in [0.1, 0.15) is 0 Å². The quantitative estimate of drug-likeness (QED) is 0.0439. The van der Waals surface area contributed by atoms with E-state index < -0.39 is 12.1 Å². The molecule has 2 unspecified atom stereocenters. The number of hydrogen-bond acceptors (Lipinski definition) is 3. The van der Waals surface area contributed by atoms with Gasteiger partial charge in [-0.05, 0) is 83.5 Å². The van der Waals surface area contributed by atoms with E-state index in [0.717, 1.165) is 64.2 Å². The van der Waals surface area contributed by atoms with E-state index in [0.29, 0.717) is 6.42 Å². The van der Waals surface area contributed by atoms with Crippen LogP contribution < -0.4 is 5.32 Å². The first-order chi connectivity index (χ1) is 25.7. The van der Waals surface area contributed by atoms with Crippen LogP contribution in [0.2, 0.25) is 0 Å². The summed E-state index contributed by atoms with van der Waals surface area (Å²) in [5.41, 5.74) is 0. The number of nitrogens with one attached hydrogen (secondary N) is 1. The van der Waals surface area contributed by atoms with Gasteiger partial charge in [-0.1, -0.05) is 189 Å². The highest BCUT2D eigenvalue weighted by molar-refractivity contribution is 5.76. The van der Waals surface area contributed by atoms with Gasteiger partial charge in [0.2, 0.25) is 5.91 Å². The molecule has 4 nitrogen and oxygen atoms in total. The molecule has 0 aromatic rings. The third-order valence-electron chi connectivity index (χ3n) is 9.34. The summed E-state index contributed by atoms with van der Waals surface area (Å²) in [6.07, 6.45) is 62.6. The fraction of sp³-hybridized carbons (Fsp3) is 0.688. The second-order valence-corrected chi connectivity index (χ2v) is 14.4. The lowest BCUT2D eigenvalue weighted by Crippen LogP contribution is -2.45. The molecule has 0 bridgehead atoms. The van der Waals surface area contributed by atoms with E-state index in [1.807, 2.05) is 6.08 Å². The van der Waals surface area contributed by atoms with Crippen LogP contribution in [-0.4, -0.2) is 34.9 Å². The Kier molecular flexibility index (Phi) is 41.0. The SMILES string of the molecule is CC/C=C\C/C=C\C/C=C\C/C=C\CCCCCCCCCCCCCCC(=O)NC(CO)C(O)/C=C/CC/C=C/CC/C=C/CCCCCCC. The Labute approximate surface area is 322 Å². The fourth-order valence-electron chi connectivity index (χ4n) is 6.02. The number of amides is 1. The van der Waals surface area contributed by atoms with Crippen LogP contribution in [0.5, 0.6) is 0 Å². The zero-order chi connectivity index (χ0) is 37.8. The Bertz CT molecular complexity index is 957. The molecule has 0 aromatic heterocycles. The van der Waals surface area contributed by atoms with E-state index in [-0.39, 0.29) is 12.5 Å². The number of allylic oxidation sites excluding steroid dienone is 13. The van der Waals surface area contributed by atoms with Crippen molar-refractivity contribution < 1.29 is 15.0 Å². The van der Waals surface area contributed by atoms with Gasteiger partial charge in [-0.3, -0.25) is 4.79 Å².